The largest absolute Gasteiger partial charge is 0.493 e. The van der Waals surface area contributed by atoms with Gasteiger partial charge in [-0.15, -0.1) is 0 Å². The molecule has 17 heavy (non-hydrogen) atoms. The third-order valence-corrected chi connectivity index (χ3v) is 3.24. The highest BCUT2D eigenvalue weighted by molar-refractivity contribution is 5.88. The Morgan fingerprint density at radius 2 is 1.88 bits per heavy atom. The fourth-order valence-corrected chi connectivity index (χ4v) is 2.17. The highest BCUT2D eigenvalue weighted by Crippen LogP contribution is 2.53. The summed E-state index contributed by atoms with van der Waals surface area (Å²) in [6.45, 7) is 0. The maximum atomic E-state index is 11.8. The zero-order valence-corrected chi connectivity index (χ0v) is 10.3. The van der Waals surface area contributed by atoms with Crippen molar-refractivity contribution in [1.82, 2.24) is 0 Å². The zero-order valence-electron chi connectivity index (χ0n) is 10.3. The third kappa shape index (κ3) is 1.73. The molecule has 0 radical (unpaired) electrons. The minimum absolute atomic E-state index is 0.205. The molecule has 0 N–H and O–H groups in total. The van der Waals surface area contributed by atoms with Gasteiger partial charge in [0.1, 0.15) is 0 Å². The van der Waals surface area contributed by atoms with Gasteiger partial charge in [-0.3, -0.25) is 4.79 Å². The first-order valence-electron chi connectivity index (χ1n) is 5.49. The fourth-order valence-electron chi connectivity index (χ4n) is 2.17. The lowest BCUT2D eigenvalue weighted by atomic mass is 9.94. The van der Waals surface area contributed by atoms with Gasteiger partial charge in [-0.1, -0.05) is 12.1 Å². The van der Waals surface area contributed by atoms with Crippen molar-refractivity contribution >= 4 is 5.97 Å². The highest BCUT2D eigenvalue weighted by atomic mass is 16.5. The second kappa shape index (κ2) is 4.28. The van der Waals surface area contributed by atoms with E-state index in [0.717, 1.165) is 18.4 Å². The number of para-hydroxylation sites is 1. The molecule has 2 rings (SSSR count). The van der Waals surface area contributed by atoms with Crippen LogP contribution in [0, 0.1) is 0 Å². The van der Waals surface area contributed by atoms with E-state index >= 15 is 0 Å². The molecule has 0 heterocycles. The summed E-state index contributed by atoms with van der Waals surface area (Å²) < 4.78 is 15.5. The molecule has 1 aliphatic carbocycles. The second-order valence-electron chi connectivity index (χ2n) is 4.11. The van der Waals surface area contributed by atoms with Crippen LogP contribution >= 0.6 is 0 Å². The van der Waals surface area contributed by atoms with Crippen LogP contribution in [-0.4, -0.2) is 27.3 Å². The quantitative estimate of drug-likeness (QED) is 0.749. The van der Waals surface area contributed by atoms with Gasteiger partial charge in [-0.05, 0) is 18.9 Å². The van der Waals surface area contributed by atoms with Crippen LogP contribution in [0.4, 0.5) is 0 Å². The van der Waals surface area contributed by atoms with Crippen LogP contribution < -0.4 is 9.47 Å². The Bertz CT molecular complexity index is 435. The number of esters is 1. The van der Waals surface area contributed by atoms with Crippen LogP contribution in [0.2, 0.25) is 0 Å². The molecule has 4 heteroatoms. The number of hydrogen-bond donors (Lipinski definition) is 0. The highest BCUT2D eigenvalue weighted by Gasteiger charge is 2.54. The molecule has 1 fully saturated rings. The van der Waals surface area contributed by atoms with Gasteiger partial charge in [-0.25, -0.2) is 0 Å². The monoisotopic (exact) mass is 236 g/mol. The lowest BCUT2D eigenvalue weighted by Crippen LogP contribution is -2.22. The van der Waals surface area contributed by atoms with Gasteiger partial charge < -0.3 is 14.2 Å². The van der Waals surface area contributed by atoms with Gasteiger partial charge in [-0.2, -0.15) is 0 Å². The summed E-state index contributed by atoms with van der Waals surface area (Å²) in [6, 6.07) is 5.57. The van der Waals surface area contributed by atoms with E-state index in [1.165, 1.54) is 7.11 Å². The van der Waals surface area contributed by atoms with Crippen LogP contribution in [0.1, 0.15) is 18.4 Å². The Kier molecular flexibility index (Phi) is 2.96. The summed E-state index contributed by atoms with van der Waals surface area (Å²) in [7, 11) is 4.57. The van der Waals surface area contributed by atoms with E-state index in [2.05, 4.69) is 0 Å². The van der Waals surface area contributed by atoms with Crippen molar-refractivity contribution in [3.8, 4) is 11.5 Å². The van der Waals surface area contributed by atoms with E-state index < -0.39 is 5.41 Å². The Labute approximate surface area is 100 Å². The average Bonchev–Trinajstić information content (AvgIpc) is 3.18. The molecule has 1 saturated carbocycles. The summed E-state index contributed by atoms with van der Waals surface area (Å²) in [4.78, 5) is 11.8. The van der Waals surface area contributed by atoms with Gasteiger partial charge in [0.15, 0.2) is 11.5 Å². The lowest BCUT2D eigenvalue weighted by Gasteiger charge is -2.18. The molecule has 0 saturated heterocycles. The molecule has 0 atom stereocenters. The summed E-state index contributed by atoms with van der Waals surface area (Å²) in [6.07, 6.45) is 1.59. The van der Waals surface area contributed by atoms with Crippen molar-refractivity contribution in [2.75, 3.05) is 21.3 Å². The van der Waals surface area contributed by atoms with E-state index in [4.69, 9.17) is 14.2 Å². The number of hydrogen-bond acceptors (Lipinski definition) is 4. The predicted molar refractivity (Wildman–Crippen MR) is 62.5 cm³/mol. The maximum absolute atomic E-state index is 11.8. The minimum atomic E-state index is -0.533. The molecule has 0 amide bonds. The number of carbonyl (C=O) groups excluding carboxylic acids is 1. The number of rotatable bonds is 4. The summed E-state index contributed by atoms with van der Waals surface area (Å²) in [5.74, 6) is 1.06. The standard InChI is InChI=1S/C13H16O4/c1-15-10-6-4-5-9(11(10)16-2)13(7-8-13)12(14)17-3/h4-6H,7-8H2,1-3H3. The number of methoxy groups -OCH3 is 3. The van der Waals surface area contributed by atoms with Crippen molar-refractivity contribution in [2.24, 2.45) is 0 Å². The van der Waals surface area contributed by atoms with Crippen LogP contribution in [0.3, 0.4) is 0 Å². The average molecular weight is 236 g/mol. The Hall–Kier alpha value is -1.71. The molecule has 0 aliphatic heterocycles. The van der Waals surface area contributed by atoms with Gasteiger partial charge in [0.2, 0.25) is 0 Å². The zero-order chi connectivity index (χ0) is 12.5. The second-order valence-corrected chi connectivity index (χ2v) is 4.11. The Morgan fingerprint density at radius 1 is 1.18 bits per heavy atom. The first kappa shape index (κ1) is 11.8. The number of carbonyl (C=O) groups is 1. The van der Waals surface area contributed by atoms with Crippen molar-refractivity contribution in [2.45, 2.75) is 18.3 Å². The molecule has 0 bridgehead atoms. The van der Waals surface area contributed by atoms with Gasteiger partial charge in [0.05, 0.1) is 26.7 Å². The molecular formula is C13H16O4. The SMILES string of the molecule is COC(=O)C1(c2cccc(OC)c2OC)CC1. The maximum Gasteiger partial charge on any atom is 0.316 e. The van der Waals surface area contributed by atoms with E-state index in [-0.39, 0.29) is 5.97 Å². The van der Waals surface area contributed by atoms with Crippen LogP contribution in [0.15, 0.2) is 18.2 Å². The van der Waals surface area contributed by atoms with Gasteiger partial charge >= 0.3 is 5.97 Å². The van der Waals surface area contributed by atoms with E-state index in [0.29, 0.717) is 11.5 Å². The molecule has 4 nitrogen and oxygen atoms in total. The molecule has 1 aromatic carbocycles. The van der Waals surface area contributed by atoms with Crippen LogP contribution in [0.25, 0.3) is 0 Å². The predicted octanol–water partition coefficient (Wildman–Crippen LogP) is 1.91. The topological polar surface area (TPSA) is 44.8 Å². The van der Waals surface area contributed by atoms with E-state index in [9.17, 15) is 4.79 Å². The van der Waals surface area contributed by atoms with Crippen LogP contribution in [0.5, 0.6) is 11.5 Å². The molecule has 1 aromatic rings. The Morgan fingerprint density at radius 3 is 2.35 bits per heavy atom. The first-order chi connectivity index (χ1) is 8.19. The number of benzene rings is 1. The first-order valence-corrected chi connectivity index (χ1v) is 5.49. The smallest absolute Gasteiger partial charge is 0.316 e. The van der Waals surface area contributed by atoms with E-state index in [1.807, 2.05) is 18.2 Å². The van der Waals surface area contributed by atoms with E-state index in [1.54, 1.807) is 14.2 Å². The fraction of sp³-hybridized carbons (Fsp3) is 0.462. The number of ether oxygens (including phenoxy) is 3. The van der Waals surface area contributed by atoms with Crippen molar-refractivity contribution in [3.05, 3.63) is 23.8 Å². The summed E-state index contributed by atoms with van der Waals surface area (Å²) >= 11 is 0. The van der Waals surface area contributed by atoms with Crippen LogP contribution in [-0.2, 0) is 14.9 Å². The molecule has 0 aromatic heterocycles. The molecule has 92 valence electrons. The van der Waals surface area contributed by atoms with Crippen molar-refractivity contribution in [1.29, 1.82) is 0 Å². The van der Waals surface area contributed by atoms with Gasteiger partial charge in [0.25, 0.3) is 0 Å². The van der Waals surface area contributed by atoms with Crippen molar-refractivity contribution in [3.63, 3.8) is 0 Å². The third-order valence-electron chi connectivity index (χ3n) is 3.24. The lowest BCUT2D eigenvalue weighted by molar-refractivity contribution is -0.143. The minimum Gasteiger partial charge on any atom is -0.493 e. The molecular weight excluding hydrogens is 220 g/mol. The summed E-state index contributed by atoms with van der Waals surface area (Å²) in [5.41, 5.74) is 0.320. The van der Waals surface area contributed by atoms with Gasteiger partial charge in [0, 0.05) is 5.56 Å². The normalized spacial score (nSPS) is 16.2. The molecule has 0 spiro atoms. The Balaban J connectivity index is 2.49. The summed E-state index contributed by atoms with van der Waals surface area (Å²) in [5, 5.41) is 0. The molecule has 1 aliphatic rings. The molecule has 0 unspecified atom stereocenters. The van der Waals surface area contributed by atoms with Crippen molar-refractivity contribution < 1.29 is 19.0 Å².